The van der Waals surface area contributed by atoms with Crippen LogP contribution in [0.2, 0.25) is 0 Å². The summed E-state index contributed by atoms with van der Waals surface area (Å²) in [5, 5.41) is 19.1. The second kappa shape index (κ2) is 5.61. The fraction of sp³-hybridized carbons (Fsp3) is 0.615. The van der Waals surface area contributed by atoms with E-state index in [1.807, 2.05) is 0 Å². The Bertz CT molecular complexity index is 558. The topological polar surface area (TPSA) is 91.8 Å². The summed E-state index contributed by atoms with van der Waals surface area (Å²) in [6.45, 7) is 2.52. The van der Waals surface area contributed by atoms with Crippen molar-refractivity contribution in [3.05, 3.63) is 33.0 Å². The molecule has 2 heterocycles. The van der Waals surface area contributed by atoms with Gasteiger partial charge in [-0.15, -0.1) is 0 Å². The average molecular weight is 287 g/mol. The van der Waals surface area contributed by atoms with Crippen LogP contribution in [0.5, 0.6) is 0 Å². The van der Waals surface area contributed by atoms with Gasteiger partial charge in [0.25, 0.3) is 5.56 Å². The molecule has 0 spiro atoms. The maximum atomic E-state index is 14.3. The summed E-state index contributed by atoms with van der Waals surface area (Å²) in [5.74, 6) is -0.677. The molecule has 0 saturated carbocycles. The molecule has 2 unspecified atom stereocenters. The number of pyridine rings is 1. The number of aromatic nitrogens is 1. The maximum Gasteiger partial charge on any atom is 0.254 e. The van der Waals surface area contributed by atoms with Gasteiger partial charge in [0.15, 0.2) is 0 Å². The fourth-order valence-electron chi connectivity index (χ4n) is 2.52. The third kappa shape index (κ3) is 2.26. The fourth-order valence-corrected chi connectivity index (χ4v) is 2.52. The van der Waals surface area contributed by atoms with Gasteiger partial charge in [-0.1, -0.05) is 0 Å². The summed E-state index contributed by atoms with van der Waals surface area (Å²) in [5.41, 5.74) is -0.0964. The molecule has 6 nitrogen and oxygen atoms in total. The monoisotopic (exact) mass is 287 g/mol. The summed E-state index contributed by atoms with van der Waals surface area (Å²) in [6, 6.07) is 0. The Morgan fingerprint density at radius 3 is 2.65 bits per heavy atom. The highest BCUT2D eigenvalue weighted by Gasteiger charge is 2.46. The molecule has 1 fully saturated rings. The number of methoxy groups -OCH3 is 1. The van der Waals surface area contributed by atoms with Crippen LogP contribution in [0, 0.1) is 19.7 Å². The number of aliphatic hydroxyl groups is 2. The number of nitrogens with one attached hydrogen (secondary N) is 1. The first-order valence-electron chi connectivity index (χ1n) is 6.28. The zero-order chi connectivity index (χ0) is 15.0. The number of ether oxygens (including phenoxy) is 2. The smallest absolute Gasteiger partial charge is 0.254 e. The standard InChI is InChI=1S/C13H18FNO5/c1-5-9(14)8(6(2)15-13(5)18)11-12(19-3)10(17)7(4-16)20-11/h7,10-12,16-17H,4H2,1-3H3,(H,15,18)/t7-,10?,11+,12?/m1/s1. The molecule has 2 rings (SSSR count). The van der Waals surface area contributed by atoms with Crippen LogP contribution in [-0.4, -0.2) is 47.2 Å². The van der Waals surface area contributed by atoms with Crippen LogP contribution >= 0.6 is 0 Å². The van der Waals surface area contributed by atoms with Crippen LogP contribution in [0.15, 0.2) is 4.79 Å². The van der Waals surface area contributed by atoms with Crippen LogP contribution < -0.4 is 5.56 Å². The molecule has 0 aliphatic carbocycles. The molecular weight excluding hydrogens is 269 g/mol. The van der Waals surface area contributed by atoms with Gasteiger partial charge in [0.2, 0.25) is 0 Å². The first-order chi connectivity index (χ1) is 9.42. The van der Waals surface area contributed by atoms with Gasteiger partial charge in [-0.2, -0.15) is 0 Å². The van der Waals surface area contributed by atoms with Gasteiger partial charge < -0.3 is 24.7 Å². The number of hydrogen-bond donors (Lipinski definition) is 3. The third-order valence-electron chi connectivity index (χ3n) is 3.69. The van der Waals surface area contributed by atoms with Gasteiger partial charge in [-0.25, -0.2) is 4.39 Å². The van der Waals surface area contributed by atoms with Crippen LogP contribution in [0.4, 0.5) is 4.39 Å². The Labute approximate surface area is 115 Å². The SMILES string of the molecule is COC1C(O)[C@@H](CO)O[C@H]1c1c(C)[nH]c(=O)c(C)c1F. The van der Waals surface area contributed by atoms with Gasteiger partial charge in [0.1, 0.15) is 30.2 Å². The lowest BCUT2D eigenvalue weighted by Gasteiger charge is -2.21. The number of aliphatic hydroxyl groups excluding tert-OH is 2. The molecule has 112 valence electrons. The summed E-state index contributed by atoms with van der Waals surface area (Å²) in [4.78, 5) is 14.0. The first-order valence-corrected chi connectivity index (χ1v) is 6.28. The Morgan fingerprint density at radius 1 is 1.45 bits per heavy atom. The van der Waals surface area contributed by atoms with Crippen LogP contribution in [0.1, 0.15) is 22.9 Å². The van der Waals surface area contributed by atoms with Crippen molar-refractivity contribution in [2.24, 2.45) is 0 Å². The molecule has 1 aliphatic rings. The van der Waals surface area contributed by atoms with E-state index in [-0.39, 0.29) is 11.1 Å². The van der Waals surface area contributed by atoms with Gasteiger partial charge in [0, 0.05) is 18.4 Å². The van der Waals surface area contributed by atoms with Crippen LogP contribution in [0.3, 0.4) is 0 Å². The highest BCUT2D eigenvalue weighted by atomic mass is 19.1. The van der Waals surface area contributed by atoms with Crippen molar-refractivity contribution in [2.75, 3.05) is 13.7 Å². The highest BCUT2D eigenvalue weighted by molar-refractivity contribution is 5.30. The summed E-state index contributed by atoms with van der Waals surface area (Å²) < 4.78 is 25.0. The largest absolute Gasteiger partial charge is 0.394 e. The van der Waals surface area contributed by atoms with Gasteiger partial charge in [0.05, 0.1) is 12.2 Å². The normalized spacial score (nSPS) is 29.9. The van der Waals surface area contributed by atoms with E-state index in [9.17, 15) is 14.3 Å². The second-order valence-electron chi connectivity index (χ2n) is 4.90. The number of rotatable bonds is 3. The molecule has 1 aliphatic heterocycles. The summed E-state index contributed by atoms with van der Waals surface area (Å²) in [6.07, 6.45) is -3.62. The van der Waals surface area contributed by atoms with Gasteiger partial charge in [-0.3, -0.25) is 4.79 Å². The van der Waals surface area contributed by atoms with Crippen molar-refractivity contribution in [2.45, 2.75) is 38.3 Å². The van der Waals surface area contributed by atoms with Gasteiger partial charge >= 0.3 is 0 Å². The summed E-state index contributed by atoms with van der Waals surface area (Å²) in [7, 11) is 1.37. The predicted octanol–water partition coefficient (Wildman–Crippen LogP) is -0.0611. The van der Waals surface area contributed by atoms with E-state index in [1.165, 1.54) is 14.0 Å². The minimum absolute atomic E-state index is 0.0500. The number of H-pyrrole nitrogens is 1. The lowest BCUT2D eigenvalue weighted by Crippen LogP contribution is -2.34. The first kappa shape index (κ1) is 15.1. The molecular formula is C13H18FNO5. The Balaban J connectivity index is 2.51. The summed E-state index contributed by atoms with van der Waals surface area (Å²) >= 11 is 0. The van der Waals surface area contributed by atoms with E-state index in [0.717, 1.165) is 0 Å². The van der Waals surface area contributed by atoms with Crippen molar-refractivity contribution < 1.29 is 24.1 Å². The number of aryl methyl sites for hydroxylation is 1. The highest BCUT2D eigenvalue weighted by Crippen LogP contribution is 2.37. The molecule has 3 N–H and O–H groups in total. The minimum Gasteiger partial charge on any atom is -0.394 e. The lowest BCUT2D eigenvalue weighted by molar-refractivity contribution is -0.0250. The molecule has 1 aromatic heterocycles. The van der Waals surface area contributed by atoms with Gasteiger partial charge in [-0.05, 0) is 13.8 Å². The molecule has 0 aromatic carbocycles. The van der Waals surface area contributed by atoms with Crippen molar-refractivity contribution in [3.8, 4) is 0 Å². The van der Waals surface area contributed by atoms with E-state index in [2.05, 4.69) is 4.98 Å². The van der Waals surface area contributed by atoms with E-state index in [0.29, 0.717) is 5.69 Å². The van der Waals surface area contributed by atoms with E-state index < -0.39 is 42.4 Å². The number of halogens is 1. The Kier molecular flexibility index (Phi) is 4.24. The Hall–Kier alpha value is -1.28. The lowest BCUT2D eigenvalue weighted by atomic mass is 9.98. The number of aromatic amines is 1. The molecule has 0 amide bonds. The molecule has 1 saturated heterocycles. The Morgan fingerprint density at radius 2 is 2.10 bits per heavy atom. The molecule has 7 heteroatoms. The number of hydrogen-bond acceptors (Lipinski definition) is 5. The quantitative estimate of drug-likeness (QED) is 0.724. The van der Waals surface area contributed by atoms with Crippen LogP contribution in [-0.2, 0) is 9.47 Å². The van der Waals surface area contributed by atoms with Crippen LogP contribution in [0.25, 0.3) is 0 Å². The van der Waals surface area contributed by atoms with E-state index in [1.54, 1.807) is 6.92 Å². The van der Waals surface area contributed by atoms with Crippen molar-refractivity contribution >= 4 is 0 Å². The molecule has 1 aromatic rings. The molecule has 20 heavy (non-hydrogen) atoms. The third-order valence-corrected chi connectivity index (χ3v) is 3.69. The zero-order valence-electron chi connectivity index (χ0n) is 11.5. The molecule has 4 atom stereocenters. The molecule has 0 bridgehead atoms. The molecule has 0 radical (unpaired) electrons. The minimum atomic E-state index is -1.07. The zero-order valence-corrected chi connectivity index (χ0v) is 11.5. The van der Waals surface area contributed by atoms with E-state index >= 15 is 0 Å². The van der Waals surface area contributed by atoms with Crippen molar-refractivity contribution in [3.63, 3.8) is 0 Å². The van der Waals surface area contributed by atoms with E-state index in [4.69, 9.17) is 14.6 Å². The van der Waals surface area contributed by atoms with Crippen molar-refractivity contribution in [1.29, 1.82) is 0 Å². The van der Waals surface area contributed by atoms with Crippen molar-refractivity contribution in [1.82, 2.24) is 4.98 Å². The second-order valence-corrected chi connectivity index (χ2v) is 4.90. The average Bonchev–Trinajstić information content (AvgIpc) is 2.72. The maximum absolute atomic E-state index is 14.3. The predicted molar refractivity (Wildman–Crippen MR) is 68.0 cm³/mol.